The zero-order valence-corrected chi connectivity index (χ0v) is 10.5. The van der Waals surface area contributed by atoms with Crippen molar-refractivity contribution in [3.63, 3.8) is 0 Å². The summed E-state index contributed by atoms with van der Waals surface area (Å²) in [6.07, 6.45) is 3.88. The van der Waals surface area contributed by atoms with E-state index in [2.05, 4.69) is 24.9 Å². The van der Waals surface area contributed by atoms with Gasteiger partial charge in [-0.2, -0.15) is 5.10 Å². The topological polar surface area (TPSA) is 138 Å². The first-order valence-electron chi connectivity index (χ1n) is 4.99. The quantitative estimate of drug-likeness (QED) is 0.718. The van der Waals surface area contributed by atoms with Gasteiger partial charge in [0.1, 0.15) is 4.90 Å². The zero-order chi connectivity index (χ0) is 14.0. The Balaban J connectivity index is 2.46. The number of aromatic nitrogens is 4. The van der Waals surface area contributed by atoms with E-state index in [1.165, 1.54) is 25.5 Å². The van der Waals surface area contributed by atoms with Crippen molar-refractivity contribution in [1.29, 1.82) is 0 Å². The van der Waals surface area contributed by atoms with Crippen LogP contribution in [0.4, 0.5) is 5.82 Å². The van der Waals surface area contributed by atoms with Crippen LogP contribution in [0.2, 0.25) is 0 Å². The van der Waals surface area contributed by atoms with Gasteiger partial charge in [0.15, 0.2) is 11.5 Å². The molecule has 0 saturated carbocycles. The van der Waals surface area contributed by atoms with Crippen LogP contribution >= 0.6 is 0 Å². The summed E-state index contributed by atoms with van der Waals surface area (Å²) in [5, 5.41) is 14.7. The number of nitrogens with zero attached hydrogens (tertiary/aromatic N) is 3. The fourth-order valence-electron chi connectivity index (χ4n) is 1.43. The summed E-state index contributed by atoms with van der Waals surface area (Å²) >= 11 is 0. The number of nitrogens with one attached hydrogen (secondary N) is 2. The van der Waals surface area contributed by atoms with E-state index in [4.69, 9.17) is 5.11 Å². The molecule has 9 nitrogen and oxygen atoms in total. The van der Waals surface area contributed by atoms with Crippen LogP contribution in [0, 0.1) is 6.92 Å². The van der Waals surface area contributed by atoms with E-state index in [0.717, 1.165) is 0 Å². The van der Waals surface area contributed by atoms with Crippen molar-refractivity contribution in [3.05, 3.63) is 30.0 Å². The van der Waals surface area contributed by atoms with Crippen LogP contribution in [0.25, 0.3) is 0 Å². The maximum absolute atomic E-state index is 12.1. The molecule has 2 aromatic heterocycles. The van der Waals surface area contributed by atoms with E-state index in [9.17, 15) is 13.2 Å². The summed E-state index contributed by atoms with van der Waals surface area (Å²) in [5.41, 5.74) is -0.456. The molecule has 3 N–H and O–H groups in total. The molecular formula is C9H9N5O4S. The van der Waals surface area contributed by atoms with Crippen molar-refractivity contribution in [1.82, 2.24) is 20.2 Å². The van der Waals surface area contributed by atoms with Crippen molar-refractivity contribution < 1.29 is 18.3 Å². The Morgan fingerprint density at radius 3 is 2.74 bits per heavy atom. The molecule has 2 aromatic rings. The van der Waals surface area contributed by atoms with Crippen LogP contribution in [-0.4, -0.2) is 39.7 Å². The fraction of sp³-hybridized carbons (Fsp3) is 0.111. The average Bonchev–Trinajstić information content (AvgIpc) is 2.73. The number of H-pyrrole nitrogens is 1. The number of aromatic amines is 1. The van der Waals surface area contributed by atoms with Crippen molar-refractivity contribution in [3.8, 4) is 0 Å². The van der Waals surface area contributed by atoms with Crippen molar-refractivity contribution in [2.45, 2.75) is 11.8 Å². The van der Waals surface area contributed by atoms with Crippen LogP contribution < -0.4 is 4.72 Å². The third kappa shape index (κ3) is 2.52. The largest absolute Gasteiger partial charge is 0.476 e. The van der Waals surface area contributed by atoms with Gasteiger partial charge in [-0.1, -0.05) is 0 Å². The maximum atomic E-state index is 12.1. The molecule has 0 unspecified atom stereocenters. The normalized spacial score (nSPS) is 11.2. The average molecular weight is 283 g/mol. The molecule has 0 amide bonds. The van der Waals surface area contributed by atoms with Gasteiger partial charge in [0.05, 0.1) is 11.9 Å². The van der Waals surface area contributed by atoms with Gasteiger partial charge in [-0.3, -0.25) is 14.8 Å². The molecule has 0 fully saturated rings. The SMILES string of the molecule is Cc1[nH]nc(C(=O)O)c1S(=O)(=O)Nc1cnccn1. The van der Waals surface area contributed by atoms with Gasteiger partial charge in [-0.25, -0.2) is 18.2 Å². The number of rotatable bonds is 4. The van der Waals surface area contributed by atoms with E-state index in [1.54, 1.807) is 0 Å². The van der Waals surface area contributed by atoms with E-state index in [1.807, 2.05) is 0 Å². The minimum Gasteiger partial charge on any atom is -0.476 e. The number of hydrogen-bond donors (Lipinski definition) is 3. The number of aromatic carboxylic acids is 1. The van der Waals surface area contributed by atoms with Gasteiger partial charge in [0, 0.05) is 12.4 Å². The van der Waals surface area contributed by atoms with E-state index in [-0.39, 0.29) is 11.5 Å². The highest BCUT2D eigenvalue weighted by Gasteiger charge is 2.28. The molecular weight excluding hydrogens is 274 g/mol. The van der Waals surface area contributed by atoms with Crippen LogP contribution in [0.15, 0.2) is 23.5 Å². The molecule has 0 saturated heterocycles. The van der Waals surface area contributed by atoms with E-state index in [0.29, 0.717) is 0 Å². The van der Waals surface area contributed by atoms with Crippen LogP contribution in [-0.2, 0) is 10.0 Å². The highest BCUT2D eigenvalue weighted by atomic mass is 32.2. The van der Waals surface area contributed by atoms with Gasteiger partial charge in [-0.15, -0.1) is 0 Å². The van der Waals surface area contributed by atoms with Crippen LogP contribution in [0.5, 0.6) is 0 Å². The van der Waals surface area contributed by atoms with Crippen molar-refractivity contribution >= 4 is 21.8 Å². The molecule has 0 aliphatic rings. The second-order valence-corrected chi connectivity index (χ2v) is 5.15. The Morgan fingerprint density at radius 2 is 2.16 bits per heavy atom. The molecule has 0 atom stereocenters. The minimum absolute atomic E-state index is 0.0144. The Hall–Kier alpha value is -2.49. The third-order valence-corrected chi connectivity index (χ3v) is 3.68. The zero-order valence-electron chi connectivity index (χ0n) is 9.65. The first-order chi connectivity index (χ1) is 8.92. The van der Waals surface area contributed by atoms with Crippen LogP contribution in [0.3, 0.4) is 0 Å². The lowest BCUT2D eigenvalue weighted by Crippen LogP contribution is -2.17. The molecule has 10 heteroatoms. The molecule has 0 radical (unpaired) electrons. The predicted octanol–water partition coefficient (Wildman–Crippen LogP) is 0.00712. The highest BCUT2D eigenvalue weighted by Crippen LogP contribution is 2.20. The summed E-state index contributed by atoms with van der Waals surface area (Å²) in [5.74, 6) is -1.46. The predicted molar refractivity (Wildman–Crippen MR) is 63.1 cm³/mol. The smallest absolute Gasteiger partial charge is 0.357 e. The van der Waals surface area contributed by atoms with Gasteiger partial charge in [-0.05, 0) is 6.92 Å². The summed E-state index contributed by atoms with van der Waals surface area (Å²) in [6.45, 7) is 1.41. The first-order valence-corrected chi connectivity index (χ1v) is 6.47. The van der Waals surface area contributed by atoms with Crippen molar-refractivity contribution in [2.75, 3.05) is 4.72 Å². The number of anilines is 1. The molecule has 2 heterocycles. The number of aryl methyl sites for hydroxylation is 1. The van der Waals surface area contributed by atoms with E-state index >= 15 is 0 Å². The van der Waals surface area contributed by atoms with Gasteiger partial charge >= 0.3 is 5.97 Å². The number of hydrogen-bond acceptors (Lipinski definition) is 6. The summed E-state index contributed by atoms with van der Waals surface area (Å²) in [4.78, 5) is 18.0. The molecule has 0 bridgehead atoms. The first kappa shape index (κ1) is 13.0. The maximum Gasteiger partial charge on any atom is 0.357 e. The lowest BCUT2D eigenvalue weighted by atomic mass is 10.4. The minimum atomic E-state index is -4.10. The summed E-state index contributed by atoms with van der Waals surface area (Å²) < 4.78 is 26.3. The second kappa shape index (κ2) is 4.65. The highest BCUT2D eigenvalue weighted by molar-refractivity contribution is 7.92. The molecule has 0 aliphatic carbocycles. The molecule has 0 aliphatic heterocycles. The molecule has 100 valence electrons. The number of carbonyl (C=O) groups is 1. The Bertz CT molecular complexity index is 709. The third-order valence-electron chi connectivity index (χ3n) is 2.16. The van der Waals surface area contributed by atoms with Crippen molar-refractivity contribution in [2.24, 2.45) is 0 Å². The van der Waals surface area contributed by atoms with Gasteiger partial charge < -0.3 is 5.11 Å². The van der Waals surface area contributed by atoms with Gasteiger partial charge in [0.25, 0.3) is 10.0 Å². The Labute approximate surface area is 107 Å². The lowest BCUT2D eigenvalue weighted by molar-refractivity contribution is 0.0686. The molecule has 19 heavy (non-hydrogen) atoms. The molecule has 0 spiro atoms. The second-order valence-electron chi connectivity index (χ2n) is 3.53. The van der Waals surface area contributed by atoms with E-state index < -0.39 is 26.6 Å². The monoisotopic (exact) mass is 283 g/mol. The number of carboxylic acid groups (broad SMARTS) is 1. The summed E-state index contributed by atoms with van der Waals surface area (Å²) in [7, 11) is -4.10. The lowest BCUT2D eigenvalue weighted by Gasteiger charge is -2.06. The number of carboxylic acids is 1. The molecule has 0 aromatic carbocycles. The fourth-order valence-corrected chi connectivity index (χ4v) is 2.75. The van der Waals surface area contributed by atoms with Crippen LogP contribution in [0.1, 0.15) is 16.2 Å². The number of sulfonamides is 1. The summed E-state index contributed by atoms with van der Waals surface area (Å²) in [6, 6.07) is 0. The Kier molecular flexibility index (Phi) is 3.17. The molecule has 2 rings (SSSR count). The van der Waals surface area contributed by atoms with Gasteiger partial charge in [0.2, 0.25) is 0 Å². The standard InChI is InChI=1S/C9H9N5O4S/c1-5-8(7(9(15)16)13-12-5)19(17,18)14-6-4-10-2-3-11-6/h2-4H,1H3,(H,11,14)(H,12,13)(H,15,16). The Morgan fingerprint density at radius 1 is 1.42 bits per heavy atom.